The lowest BCUT2D eigenvalue weighted by Gasteiger charge is -2.35. The summed E-state index contributed by atoms with van der Waals surface area (Å²) in [7, 11) is 0. The van der Waals surface area contributed by atoms with Gasteiger partial charge in [-0.25, -0.2) is 9.97 Å². The van der Waals surface area contributed by atoms with Gasteiger partial charge in [0.25, 0.3) is 5.91 Å². The Bertz CT molecular complexity index is 1370. The number of thiophene rings is 1. The number of piperazine rings is 1. The van der Waals surface area contributed by atoms with E-state index in [2.05, 4.69) is 50.0 Å². The first-order chi connectivity index (χ1) is 16.7. The van der Waals surface area contributed by atoms with Gasteiger partial charge in [0.2, 0.25) is 5.95 Å². The SMILES string of the molecule is CCc1cc2c(N3CCN(C(=O)c4ccc(-c5ccccc5)cc4)CC3)nc(N=[N+]=[N-])nc2s1. The Hall–Kier alpha value is -3.94. The minimum Gasteiger partial charge on any atom is -0.352 e. The first kappa shape index (κ1) is 21.9. The number of amides is 1. The van der Waals surface area contributed by atoms with Gasteiger partial charge in [0.15, 0.2) is 0 Å². The van der Waals surface area contributed by atoms with Crippen LogP contribution in [0.1, 0.15) is 22.2 Å². The van der Waals surface area contributed by atoms with Gasteiger partial charge in [-0.15, -0.1) is 11.3 Å². The highest BCUT2D eigenvalue weighted by Gasteiger charge is 2.25. The first-order valence-electron chi connectivity index (χ1n) is 11.2. The Balaban J connectivity index is 1.32. The molecule has 1 aliphatic heterocycles. The van der Waals surface area contributed by atoms with Crippen LogP contribution in [0, 0.1) is 0 Å². The predicted octanol–water partition coefficient (Wildman–Crippen LogP) is 5.82. The highest BCUT2D eigenvalue weighted by atomic mass is 32.1. The lowest BCUT2D eigenvalue weighted by molar-refractivity contribution is 0.0746. The van der Waals surface area contributed by atoms with Crippen molar-refractivity contribution in [2.45, 2.75) is 13.3 Å². The van der Waals surface area contributed by atoms with Gasteiger partial charge in [0, 0.05) is 41.5 Å². The van der Waals surface area contributed by atoms with Crippen LogP contribution in [-0.4, -0.2) is 47.0 Å². The molecule has 0 N–H and O–H groups in total. The third-order valence-corrected chi connectivity index (χ3v) is 7.17. The summed E-state index contributed by atoms with van der Waals surface area (Å²) in [4.78, 5) is 30.9. The number of fused-ring (bicyclic) bond motifs is 1. The fourth-order valence-corrected chi connectivity index (χ4v) is 5.14. The van der Waals surface area contributed by atoms with Gasteiger partial charge in [0.1, 0.15) is 10.6 Å². The van der Waals surface area contributed by atoms with E-state index in [9.17, 15) is 4.79 Å². The molecule has 8 nitrogen and oxygen atoms in total. The maximum atomic E-state index is 13.1. The van der Waals surface area contributed by atoms with Crippen molar-refractivity contribution in [2.24, 2.45) is 5.11 Å². The molecule has 0 atom stereocenters. The van der Waals surface area contributed by atoms with E-state index in [0.29, 0.717) is 31.7 Å². The number of carbonyl (C=O) groups excluding carboxylic acids is 1. The Morgan fingerprint density at radius 2 is 1.74 bits per heavy atom. The molecule has 0 spiro atoms. The predicted molar refractivity (Wildman–Crippen MR) is 136 cm³/mol. The molecule has 0 radical (unpaired) electrons. The molecule has 170 valence electrons. The van der Waals surface area contributed by atoms with Gasteiger partial charge >= 0.3 is 0 Å². The average molecular weight is 470 g/mol. The van der Waals surface area contributed by atoms with Crippen LogP contribution in [0.4, 0.5) is 11.8 Å². The molecule has 1 saturated heterocycles. The topological polar surface area (TPSA) is 98.1 Å². The van der Waals surface area contributed by atoms with E-state index in [4.69, 9.17) is 5.53 Å². The Morgan fingerprint density at radius 1 is 1.03 bits per heavy atom. The number of hydrogen-bond donors (Lipinski definition) is 0. The molecule has 2 aromatic heterocycles. The van der Waals surface area contributed by atoms with Gasteiger partial charge in [-0.2, -0.15) is 0 Å². The minimum atomic E-state index is 0.0330. The van der Waals surface area contributed by atoms with Crippen LogP contribution in [0.5, 0.6) is 0 Å². The van der Waals surface area contributed by atoms with E-state index >= 15 is 0 Å². The standard InChI is InChI=1S/C25H23N7OS/c1-2-20-16-21-22(27-25(29-30-26)28-23(21)34-20)31-12-14-32(15-13-31)24(33)19-10-8-18(9-11-19)17-6-4-3-5-7-17/h3-11,16H,2,12-15H2,1H3. The van der Waals surface area contributed by atoms with Crippen molar-refractivity contribution in [2.75, 3.05) is 31.1 Å². The molecule has 2 aromatic carbocycles. The molecule has 3 heterocycles. The molecule has 34 heavy (non-hydrogen) atoms. The van der Waals surface area contributed by atoms with Gasteiger partial charge in [0.05, 0.1) is 5.39 Å². The van der Waals surface area contributed by atoms with Crippen LogP contribution in [-0.2, 0) is 6.42 Å². The molecule has 9 heteroatoms. The highest BCUT2D eigenvalue weighted by molar-refractivity contribution is 7.18. The van der Waals surface area contributed by atoms with E-state index in [1.807, 2.05) is 47.4 Å². The van der Waals surface area contributed by atoms with Crippen LogP contribution in [0.25, 0.3) is 31.8 Å². The van der Waals surface area contributed by atoms with E-state index in [0.717, 1.165) is 33.6 Å². The molecule has 0 aliphatic carbocycles. The monoisotopic (exact) mass is 469 g/mol. The van der Waals surface area contributed by atoms with Gasteiger partial charge in [-0.3, -0.25) is 4.79 Å². The molecule has 0 saturated carbocycles. The van der Waals surface area contributed by atoms with Crippen LogP contribution in [0.15, 0.2) is 65.8 Å². The summed E-state index contributed by atoms with van der Waals surface area (Å²) < 4.78 is 0. The van der Waals surface area contributed by atoms with Gasteiger partial charge < -0.3 is 9.80 Å². The largest absolute Gasteiger partial charge is 0.352 e. The van der Waals surface area contributed by atoms with E-state index in [-0.39, 0.29) is 11.9 Å². The van der Waals surface area contributed by atoms with Crippen molar-refractivity contribution in [1.29, 1.82) is 0 Å². The number of aryl methyl sites for hydroxylation is 1. The fraction of sp³-hybridized carbons (Fsp3) is 0.240. The van der Waals surface area contributed by atoms with E-state index in [1.54, 1.807) is 11.3 Å². The van der Waals surface area contributed by atoms with Gasteiger partial charge in [-0.05, 0) is 46.4 Å². The third-order valence-electron chi connectivity index (χ3n) is 6.00. The molecular formula is C25H23N7OS. The zero-order valence-electron chi connectivity index (χ0n) is 18.8. The second-order valence-corrected chi connectivity index (χ2v) is 9.16. The second kappa shape index (κ2) is 9.51. The molecule has 4 aromatic rings. The smallest absolute Gasteiger partial charge is 0.253 e. The van der Waals surface area contributed by atoms with E-state index in [1.165, 1.54) is 4.88 Å². The van der Waals surface area contributed by atoms with Crippen molar-refractivity contribution in [1.82, 2.24) is 14.9 Å². The lowest BCUT2D eigenvalue weighted by Crippen LogP contribution is -2.49. The fourth-order valence-electron chi connectivity index (χ4n) is 4.19. The molecule has 1 fully saturated rings. The van der Waals surface area contributed by atoms with Crippen LogP contribution >= 0.6 is 11.3 Å². The zero-order valence-corrected chi connectivity index (χ0v) is 19.6. The number of hydrogen-bond acceptors (Lipinski definition) is 6. The summed E-state index contributed by atoms with van der Waals surface area (Å²) in [6.45, 7) is 4.57. The minimum absolute atomic E-state index is 0.0330. The molecule has 5 rings (SSSR count). The number of nitrogens with zero attached hydrogens (tertiary/aromatic N) is 7. The Labute approximate surface area is 201 Å². The molecule has 0 unspecified atom stereocenters. The molecule has 1 amide bonds. The maximum Gasteiger partial charge on any atom is 0.253 e. The normalized spacial score (nSPS) is 13.7. The van der Waals surface area contributed by atoms with Crippen molar-refractivity contribution < 1.29 is 4.79 Å². The maximum absolute atomic E-state index is 13.1. The number of carbonyl (C=O) groups is 1. The molecular weight excluding hydrogens is 446 g/mol. The number of benzene rings is 2. The molecule has 0 bridgehead atoms. The highest BCUT2D eigenvalue weighted by Crippen LogP contribution is 2.33. The molecule has 1 aliphatic rings. The Morgan fingerprint density at radius 3 is 2.41 bits per heavy atom. The van der Waals surface area contributed by atoms with Crippen molar-refractivity contribution >= 4 is 39.2 Å². The number of azide groups is 1. The second-order valence-electron chi connectivity index (χ2n) is 8.04. The van der Waals surface area contributed by atoms with Gasteiger partial charge in [-0.1, -0.05) is 49.4 Å². The third kappa shape index (κ3) is 4.31. The Kier molecular flexibility index (Phi) is 6.12. The summed E-state index contributed by atoms with van der Waals surface area (Å²) in [5.74, 6) is 0.930. The quantitative estimate of drug-likeness (QED) is 0.209. The lowest BCUT2D eigenvalue weighted by atomic mass is 10.0. The summed E-state index contributed by atoms with van der Waals surface area (Å²) in [6, 6.07) is 20.0. The number of anilines is 1. The van der Waals surface area contributed by atoms with Crippen LogP contribution in [0.2, 0.25) is 0 Å². The zero-order chi connectivity index (χ0) is 23.5. The van der Waals surface area contributed by atoms with Crippen molar-refractivity contribution in [3.63, 3.8) is 0 Å². The summed E-state index contributed by atoms with van der Waals surface area (Å²) in [6.07, 6.45) is 0.905. The van der Waals surface area contributed by atoms with Crippen LogP contribution in [0.3, 0.4) is 0 Å². The number of aromatic nitrogens is 2. The van der Waals surface area contributed by atoms with Crippen LogP contribution < -0.4 is 4.90 Å². The summed E-state index contributed by atoms with van der Waals surface area (Å²) in [5, 5.41) is 4.60. The first-order valence-corrected chi connectivity index (χ1v) is 12.0. The summed E-state index contributed by atoms with van der Waals surface area (Å²) >= 11 is 1.59. The van der Waals surface area contributed by atoms with Crippen molar-refractivity contribution in [3.8, 4) is 11.1 Å². The average Bonchev–Trinajstić information content (AvgIpc) is 3.32. The van der Waals surface area contributed by atoms with E-state index < -0.39 is 0 Å². The number of rotatable bonds is 5. The van der Waals surface area contributed by atoms with Crippen molar-refractivity contribution in [3.05, 3.63) is 81.5 Å². The summed E-state index contributed by atoms with van der Waals surface area (Å²) in [5.41, 5.74) is 11.8.